The smallest absolute Gasteiger partial charge is 0.311 e. The van der Waals surface area contributed by atoms with E-state index in [1.54, 1.807) is 12.1 Å². The van der Waals surface area contributed by atoms with Gasteiger partial charge in [-0.05, 0) is 59.3 Å². The number of ether oxygens (including phenoxy) is 3. The number of methoxy groups -OCH3 is 2. The Morgan fingerprint density at radius 3 is 2.81 bits per heavy atom. The molecule has 0 fully saturated rings. The first-order valence-corrected chi connectivity index (χ1v) is 11.8. The summed E-state index contributed by atoms with van der Waals surface area (Å²) in [5, 5.41) is 21.0. The van der Waals surface area contributed by atoms with E-state index < -0.39 is 24.0 Å². The van der Waals surface area contributed by atoms with Crippen LogP contribution in [0, 0.1) is 5.82 Å². The molecule has 0 saturated carbocycles. The van der Waals surface area contributed by atoms with Crippen LogP contribution in [0.5, 0.6) is 11.5 Å². The number of carbonyl (C=O) groups is 1. The minimum Gasteiger partial charge on any atom is -0.493 e. The van der Waals surface area contributed by atoms with E-state index in [9.17, 15) is 4.79 Å². The molecule has 4 aromatic rings. The molecule has 1 aliphatic heterocycles. The number of aliphatic carboxylic acids is 1. The summed E-state index contributed by atoms with van der Waals surface area (Å²) in [6.45, 7) is 0.271. The molecule has 2 aromatic carbocycles. The summed E-state index contributed by atoms with van der Waals surface area (Å²) in [6, 6.07) is 12.0. The van der Waals surface area contributed by atoms with Crippen LogP contribution in [0.1, 0.15) is 41.3 Å². The zero-order chi connectivity index (χ0) is 26.1. The number of rotatable bonds is 8. The second kappa shape index (κ2) is 10.2. The molecular weight excluding hydrogens is 505 g/mol. The first-order valence-electron chi connectivity index (χ1n) is 11.4. The molecule has 0 amide bonds. The lowest BCUT2D eigenvalue weighted by atomic mass is 9.97. The molecule has 192 valence electrons. The third-order valence-electron chi connectivity index (χ3n) is 6.25. The Balaban J connectivity index is 1.61. The molecule has 5 rings (SSSR count). The number of benzene rings is 2. The number of aromatic nitrogens is 5. The Bertz CT molecular complexity index is 1460. The van der Waals surface area contributed by atoms with E-state index in [0.717, 1.165) is 11.4 Å². The predicted molar refractivity (Wildman–Crippen MR) is 130 cm³/mol. The summed E-state index contributed by atoms with van der Waals surface area (Å²) in [7, 11) is 2.92. The maximum atomic E-state index is 15.5. The number of halogens is 2. The number of fused-ring (bicyclic) bond motifs is 3. The fourth-order valence-corrected chi connectivity index (χ4v) is 4.83. The van der Waals surface area contributed by atoms with E-state index >= 15 is 4.39 Å². The highest BCUT2D eigenvalue weighted by molar-refractivity contribution is 6.30. The van der Waals surface area contributed by atoms with Gasteiger partial charge in [0.2, 0.25) is 0 Å². The third kappa shape index (κ3) is 4.63. The van der Waals surface area contributed by atoms with E-state index in [0.29, 0.717) is 22.8 Å². The molecule has 3 heterocycles. The van der Waals surface area contributed by atoms with Crippen molar-refractivity contribution in [2.24, 2.45) is 0 Å². The zero-order valence-corrected chi connectivity index (χ0v) is 20.7. The maximum Gasteiger partial charge on any atom is 0.311 e. The van der Waals surface area contributed by atoms with Crippen LogP contribution in [0.4, 0.5) is 4.39 Å². The van der Waals surface area contributed by atoms with Gasteiger partial charge in [0.05, 0.1) is 31.2 Å². The molecule has 2 aromatic heterocycles. The summed E-state index contributed by atoms with van der Waals surface area (Å²) < 4.78 is 36.6. The zero-order valence-electron chi connectivity index (χ0n) is 20.0. The summed E-state index contributed by atoms with van der Waals surface area (Å²) in [6.07, 6.45) is 0.494. The monoisotopic (exact) mass is 527 g/mol. The number of carboxylic acids is 1. The topological polar surface area (TPSA) is 114 Å². The highest BCUT2D eigenvalue weighted by Gasteiger charge is 2.35. The van der Waals surface area contributed by atoms with Crippen molar-refractivity contribution in [2.75, 3.05) is 14.2 Å². The van der Waals surface area contributed by atoms with Crippen LogP contribution in [0.25, 0.3) is 5.69 Å². The Kier molecular flexibility index (Phi) is 6.81. The molecule has 2 atom stereocenters. The fourth-order valence-electron chi connectivity index (χ4n) is 4.65. The summed E-state index contributed by atoms with van der Waals surface area (Å²) >= 11 is 6.39. The Hall–Kier alpha value is -3.96. The van der Waals surface area contributed by atoms with Crippen LogP contribution < -0.4 is 9.47 Å². The van der Waals surface area contributed by atoms with E-state index in [2.05, 4.69) is 15.5 Å². The van der Waals surface area contributed by atoms with Gasteiger partial charge in [0.25, 0.3) is 0 Å². The van der Waals surface area contributed by atoms with Crippen LogP contribution in [0.15, 0.2) is 48.7 Å². The van der Waals surface area contributed by atoms with Gasteiger partial charge >= 0.3 is 5.97 Å². The minimum absolute atomic E-state index is 0.176. The summed E-state index contributed by atoms with van der Waals surface area (Å²) in [5.41, 5.74) is 2.42. The van der Waals surface area contributed by atoms with Crippen molar-refractivity contribution in [3.8, 4) is 17.2 Å². The first kappa shape index (κ1) is 24.7. The van der Waals surface area contributed by atoms with Gasteiger partial charge < -0.3 is 23.9 Å². The number of tetrazole rings is 1. The lowest BCUT2D eigenvalue weighted by molar-refractivity contribution is -0.136. The lowest BCUT2D eigenvalue weighted by Gasteiger charge is -2.26. The highest BCUT2D eigenvalue weighted by Crippen LogP contribution is 2.47. The molecule has 0 spiro atoms. The van der Waals surface area contributed by atoms with Gasteiger partial charge in [0.15, 0.2) is 17.3 Å². The SMILES string of the molecule is COc1ccc(F)c(C2OC(CCn3nnnc3CC(=O)O)c3cccn3-c3ccc(Cl)cc32)c1OC. The molecule has 0 bridgehead atoms. The molecule has 10 nitrogen and oxygen atoms in total. The van der Waals surface area contributed by atoms with Crippen LogP contribution >= 0.6 is 11.6 Å². The molecule has 1 aliphatic rings. The predicted octanol–water partition coefficient (Wildman–Crippen LogP) is 4.15. The molecule has 37 heavy (non-hydrogen) atoms. The number of aryl methyl sites for hydroxylation is 1. The number of hydrogen-bond acceptors (Lipinski definition) is 7. The number of nitrogens with zero attached hydrogens (tertiary/aromatic N) is 5. The molecule has 12 heteroatoms. The van der Waals surface area contributed by atoms with Crippen LogP contribution in [0.2, 0.25) is 5.02 Å². The third-order valence-corrected chi connectivity index (χ3v) is 6.49. The lowest BCUT2D eigenvalue weighted by Crippen LogP contribution is -2.17. The Morgan fingerprint density at radius 2 is 2.05 bits per heavy atom. The van der Waals surface area contributed by atoms with Gasteiger partial charge in [-0.2, -0.15) is 0 Å². The van der Waals surface area contributed by atoms with Gasteiger partial charge in [-0.3, -0.25) is 4.79 Å². The van der Waals surface area contributed by atoms with Crippen LogP contribution in [0.3, 0.4) is 0 Å². The van der Waals surface area contributed by atoms with Gasteiger partial charge in [-0.25, -0.2) is 9.07 Å². The molecule has 0 saturated heterocycles. The van der Waals surface area contributed by atoms with E-state index in [1.165, 1.54) is 31.0 Å². The van der Waals surface area contributed by atoms with Crippen molar-refractivity contribution >= 4 is 17.6 Å². The minimum atomic E-state index is -1.04. The molecule has 0 aliphatic carbocycles. The van der Waals surface area contributed by atoms with E-state index in [-0.39, 0.29) is 30.1 Å². The van der Waals surface area contributed by atoms with Crippen molar-refractivity contribution in [2.45, 2.75) is 31.6 Å². The van der Waals surface area contributed by atoms with Crippen LogP contribution in [-0.2, 0) is 22.5 Å². The average molecular weight is 528 g/mol. The van der Waals surface area contributed by atoms with Gasteiger partial charge in [-0.1, -0.05) is 11.6 Å². The number of hydrogen-bond donors (Lipinski definition) is 1. The molecule has 1 N–H and O–H groups in total. The largest absolute Gasteiger partial charge is 0.493 e. The first-order chi connectivity index (χ1) is 17.9. The quantitative estimate of drug-likeness (QED) is 0.363. The van der Waals surface area contributed by atoms with E-state index in [4.69, 9.17) is 30.9 Å². The van der Waals surface area contributed by atoms with Crippen molar-refractivity contribution in [3.05, 3.63) is 82.1 Å². The highest BCUT2D eigenvalue weighted by atomic mass is 35.5. The van der Waals surface area contributed by atoms with Gasteiger partial charge in [-0.15, -0.1) is 5.10 Å². The number of carboxylic acid groups (broad SMARTS) is 1. The fraction of sp³-hybridized carbons (Fsp3) is 0.280. The normalized spacial score (nSPS) is 16.5. The van der Waals surface area contributed by atoms with Crippen molar-refractivity contribution < 1.29 is 28.5 Å². The van der Waals surface area contributed by atoms with Gasteiger partial charge in [0.1, 0.15) is 24.4 Å². The second-order valence-electron chi connectivity index (χ2n) is 8.38. The second-order valence-corrected chi connectivity index (χ2v) is 8.82. The molecular formula is C25H23ClFN5O5. The Labute approximate surface area is 216 Å². The van der Waals surface area contributed by atoms with Gasteiger partial charge in [0, 0.05) is 23.3 Å². The Morgan fingerprint density at radius 1 is 1.22 bits per heavy atom. The molecule has 2 unspecified atom stereocenters. The molecule has 0 radical (unpaired) electrons. The van der Waals surface area contributed by atoms with Crippen molar-refractivity contribution in [3.63, 3.8) is 0 Å². The maximum absolute atomic E-state index is 15.5. The van der Waals surface area contributed by atoms with Crippen molar-refractivity contribution in [1.29, 1.82) is 0 Å². The summed E-state index contributed by atoms with van der Waals surface area (Å²) in [5.74, 6) is -0.762. The average Bonchev–Trinajstić information content (AvgIpc) is 3.51. The van der Waals surface area contributed by atoms with E-state index in [1.807, 2.05) is 29.0 Å². The van der Waals surface area contributed by atoms with Crippen molar-refractivity contribution in [1.82, 2.24) is 24.8 Å². The standard InChI is InChI=1S/C25H23ClFN5O5/c1-35-20-8-6-16(27)23(25(20)36-2)24-15-12-14(26)5-7-17(15)31-10-3-4-18(31)19(37-24)9-11-32-21(13-22(33)34)28-29-30-32/h3-8,10,12,19,24H,9,11,13H2,1-2H3,(H,33,34). The van der Waals surface area contributed by atoms with Crippen LogP contribution in [-0.4, -0.2) is 50.1 Å². The summed E-state index contributed by atoms with van der Waals surface area (Å²) in [4.78, 5) is 11.2.